The summed E-state index contributed by atoms with van der Waals surface area (Å²) in [7, 11) is 0. The molecule has 0 radical (unpaired) electrons. The van der Waals surface area contributed by atoms with Crippen LogP contribution in [0.4, 0.5) is 0 Å². The summed E-state index contributed by atoms with van der Waals surface area (Å²) in [6.45, 7) is 17.4. The van der Waals surface area contributed by atoms with E-state index in [-0.39, 0.29) is 12.6 Å². The van der Waals surface area contributed by atoms with Gasteiger partial charge in [-0.15, -0.1) is 0 Å². The topological polar surface area (TPSA) is 420 Å². The molecule has 0 aromatic rings. The van der Waals surface area contributed by atoms with E-state index in [1.807, 2.05) is 6.92 Å². The van der Waals surface area contributed by atoms with Crippen molar-refractivity contribution < 1.29 is 114 Å². The summed E-state index contributed by atoms with van der Waals surface area (Å²) in [6.07, 6.45) is 6.05. The number of hydrogen-bond acceptors (Lipinski definition) is 13. The number of rotatable bonds is 10. The minimum absolute atomic E-state index is 0.0338. The van der Waals surface area contributed by atoms with Gasteiger partial charge in [-0.05, 0) is 26.2 Å². The molecule has 0 aromatic carbocycles. The number of hydrogen-bond donors (Lipinski definition) is 11. The van der Waals surface area contributed by atoms with Crippen molar-refractivity contribution in [2.24, 2.45) is 5.41 Å². The number of unbranched alkanes of at least 4 members (excludes halogenated alkanes) is 3. The molecular formula is C34H68O23. The van der Waals surface area contributed by atoms with Gasteiger partial charge < -0.3 is 60.9 Å². The van der Waals surface area contributed by atoms with Gasteiger partial charge in [0.05, 0.1) is 12.0 Å². The minimum atomic E-state index is -0.833. The molecule has 1 atom stereocenters. The second-order valence-electron chi connectivity index (χ2n) is 9.82. The van der Waals surface area contributed by atoms with Gasteiger partial charge in [-0.1, -0.05) is 39.5 Å². The average Bonchev–Trinajstić information content (AvgIpc) is 2.92. The van der Waals surface area contributed by atoms with Crippen LogP contribution in [0.2, 0.25) is 0 Å². The molecule has 0 saturated carbocycles. The number of carboxylic acids is 10. The van der Waals surface area contributed by atoms with Crippen molar-refractivity contribution in [3.05, 3.63) is 0 Å². The second-order valence-corrected chi connectivity index (χ2v) is 9.82. The molecule has 0 aliphatic heterocycles. The fraction of sp³-hybridized carbons (Fsp3) is 0.676. The summed E-state index contributed by atoms with van der Waals surface area (Å²) in [5.41, 5.74) is -0.692. The van der Waals surface area contributed by atoms with E-state index >= 15 is 0 Å². The highest BCUT2D eigenvalue weighted by Gasteiger charge is 2.35. The predicted octanol–water partition coefficient (Wildman–Crippen LogP) is 4.21. The summed E-state index contributed by atoms with van der Waals surface area (Å²) in [5.74, 6) is -8.46. The van der Waals surface area contributed by atoms with Crippen molar-refractivity contribution in [2.45, 2.75) is 135 Å². The first-order valence-corrected chi connectivity index (χ1v) is 16.2. The van der Waals surface area contributed by atoms with Crippen LogP contribution < -0.4 is 0 Å². The Balaban J connectivity index is -0.0000000481. The normalized spacial score (nSPS) is 8.67. The first-order chi connectivity index (χ1) is 25.5. The Kier molecular flexibility index (Phi) is 91.1. The number of carboxylic acid groups (broad SMARTS) is 10. The van der Waals surface area contributed by atoms with E-state index in [1.54, 1.807) is 6.92 Å². The first kappa shape index (κ1) is 79.8. The van der Waals surface area contributed by atoms with E-state index in [2.05, 4.69) is 11.7 Å². The maximum absolute atomic E-state index is 11.2. The van der Waals surface area contributed by atoms with Crippen LogP contribution >= 0.6 is 0 Å². The Morgan fingerprint density at radius 2 is 0.632 bits per heavy atom. The molecule has 0 saturated heterocycles. The van der Waals surface area contributed by atoms with Crippen LogP contribution in [-0.4, -0.2) is 135 Å². The summed E-state index contributed by atoms with van der Waals surface area (Å²) < 4.78 is 4.40. The smallest absolute Gasteiger partial charge is 0.309 e. The molecule has 0 spiro atoms. The van der Waals surface area contributed by atoms with Crippen molar-refractivity contribution in [1.82, 2.24) is 0 Å². The third-order valence-corrected chi connectivity index (χ3v) is 3.58. The zero-order valence-corrected chi connectivity index (χ0v) is 35.2. The van der Waals surface area contributed by atoms with E-state index in [9.17, 15) is 14.7 Å². The van der Waals surface area contributed by atoms with Gasteiger partial charge in [-0.2, -0.15) is 0 Å². The summed E-state index contributed by atoms with van der Waals surface area (Å²) in [4.78, 5) is 102. The van der Waals surface area contributed by atoms with Gasteiger partial charge in [0.1, 0.15) is 0 Å². The molecule has 0 heterocycles. The summed E-state index contributed by atoms with van der Waals surface area (Å²) in [5, 5.41) is 84.9. The maximum Gasteiger partial charge on any atom is 0.309 e. The number of aliphatic carboxylic acids is 10. The zero-order valence-electron chi connectivity index (χ0n) is 35.2. The molecule has 0 rings (SSSR count). The molecule has 342 valence electrons. The van der Waals surface area contributed by atoms with Gasteiger partial charge in [-0.3, -0.25) is 52.7 Å². The Morgan fingerprint density at radius 1 is 0.404 bits per heavy atom. The third kappa shape index (κ3) is 396. The van der Waals surface area contributed by atoms with Gasteiger partial charge in [0.2, 0.25) is 0 Å². The van der Waals surface area contributed by atoms with Gasteiger partial charge in [0, 0.05) is 75.8 Å². The van der Waals surface area contributed by atoms with Crippen molar-refractivity contribution in [2.75, 3.05) is 13.2 Å². The molecule has 0 fully saturated rings. The van der Waals surface area contributed by atoms with Crippen LogP contribution in [0.1, 0.15) is 135 Å². The number of carbonyl (C=O) groups excluding carboxylic acids is 1. The Hall–Kier alpha value is -5.87. The van der Waals surface area contributed by atoms with E-state index in [0.29, 0.717) is 25.9 Å². The third-order valence-electron chi connectivity index (χ3n) is 3.58. The molecule has 23 nitrogen and oxygen atoms in total. The number of aliphatic hydroxyl groups excluding tert-OH is 1. The molecule has 1 unspecified atom stereocenters. The maximum atomic E-state index is 11.2. The van der Waals surface area contributed by atoms with Crippen molar-refractivity contribution in [3.63, 3.8) is 0 Å². The summed E-state index contributed by atoms with van der Waals surface area (Å²) in [6, 6.07) is 0. The number of carbonyl (C=O) groups is 11. The highest BCUT2D eigenvalue weighted by Crippen LogP contribution is 2.33. The van der Waals surface area contributed by atoms with Crippen molar-refractivity contribution in [3.8, 4) is 0 Å². The number of aliphatic hydroxyl groups is 1. The SMILES string of the molecule is CC(=O)O.CC(=O)O.CC(=O)O.CC(=O)O.CC(=O)O.CC(=O)O.CC(=O)O.CC(=O)O.CC(=O)O.CCCCCCC(CC)(CCO)C(=O)O.CCOC(C)=O. The standard InChI is InChI=1S/C12H24O3.C4H8O2.9C2H4O2/c1-3-5-6-7-8-12(4-2,9-10-13)11(14)15;1-3-6-4(2)5;9*1-2(3)4/h13H,3-10H2,1-2H3,(H,14,15);3H2,1-2H3;9*1H3,(H,3,4). The van der Waals surface area contributed by atoms with E-state index in [0.717, 1.165) is 81.6 Å². The highest BCUT2D eigenvalue weighted by molar-refractivity contribution is 5.74. The van der Waals surface area contributed by atoms with Crippen LogP contribution in [0.3, 0.4) is 0 Å². The average molecular weight is 845 g/mol. The monoisotopic (exact) mass is 844 g/mol. The number of ether oxygens (including phenoxy) is 1. The molecule has 0 amide bonds. The Morgan fingerprint density at radius 3 is 0.737 bits per heavy atom. The second kappa shape index (κ2) is 65.0. The van der Waals surface area contributed by atoms with Crippen LogP contribution in [-0.2, 0) is 57.5 Å². The molecule has 11 N–H and O–H groups in total. The van der Waals surface area contributed by atoms with Crippen LogP contribution in [0.5, 0.6) is 0 Å². The molecular weight excluding hydrogens is 776 g/mol. The van der Waals surface area contributed by atoms with E-state index in [1.165, 1.54) is 13.3 Å². The molecule has 23 heteroatoms. The van der Waals surface area contributed by atoms with Crippen LogP contribution in [0.25, 0.3) is 0 Å². The van der Waals surface area contributed by atoms with Crippen molar-refractivity contribution >= 4 is 65.7 Å². The van der Waals surface area contributed by atoms with E-state index < -0.39 is 65.1 Å². The molecule has 0 bridgehead atoms. The highest BCUT2D eigenvalue weighted by atomic mass is 16.5. The van der Waals surface area contributed by atoms with Crippen LogP contribution in [0.15, 0.2) is 0 Å². The fourth-order valence-electron chi connectivity index (χ4n) is 2.15. The lowest BCUT2D eigenvalue weighted by atomic mass is 9.77. The van der Waals surface area contributed by atoms with Crippen LogP contribution in [0, 0.1) is 5.41 Å². The molecule has 57 heavy (non-hydrogen) atoms. The van der Waals surface area contributed by atoms with Crippen molar-refractivity contribution in [1.29, 1.82) is 0 Å². The fourth-order valence-corrected chi connectivity index (χ4v) is 2.15. The van der Waals surface area contributed by atoms with Gasteiger partial charge >= 0.3 is 11.9 Å². The van der Waals surface area contributed by atoms with Gasteiger partial charge in [0.25, 0.3) is 53.7 Å². The minimum Gasteiger partial charge on any atom is -0.481 e. The van der Waals surface area contributed by atoms with E-state index in [4.69, 9.17) is 94.2 Å². The molecule has 0 aromatic heterocycles. The predicted molar refractivity (Wildman–Crippen MR) is 203 cm³/mol. The Labute approximate surface area is 332 Å². The Bertz CT molecular complexity index is 847. The lowest BCUT2D eigenvalue weighted by molar-refractivity contribution is -0.151. The quantitative estimate of drug-likeness (QED) is 0.108. The first-order valence-electron chi connectivity index (χ1n) is 16.2. The number of esters is 1. The zero-order chi connectivity index (χ0) is 48.9. The summed E-state index contributed by atoms with van der Waals surface area (Å²) >= 11 is 0. The van der Waals surface area contributed by atoms with Gasteiger partial charge in [-0.25, -0.2) is 0 Å². The lowest BCUT2D eigenvalue weighted by Gasteiger charge is -2.27. The largest absolute Gasteiger partial charge is 0.481 e. The van der Waals surface area contributed by atoms with Gasteiger partial charge in [0.15, 0.2) is 0 Å². The molecule has 0 aliphatic carbocycles. The lowest BCUT2D eigenvalue weighted by Crippen LogP contribution is -2.31. The molecule has 0 aliphatic rings.